The Kier molecular flexibility index (Phi) is 5.06. The number of nitrogens with one attached hydrogen (secondary N) is 1. The number of rotatable bonds is 8. The summed E-state index contributed by atoms with van der Waals surface area (Å²) < 4.78 is 2.02. The second-order valence-electron chi connectivity index (χ2n) is 5.49. The van der Waals surface area contributed by atoms with E-state index in [2.05, 4.69) is 24.1 Å². The van der Waals surface area contributed by atoms with E-state index in [-0.39, 0.29) is 5.91 Å². The van der Waals surface area contributed by atoms with Crippen LogP contribution in [0, 0.1) is 0 Å². The molecular formula is C15H26N4O. The summed E-state index contributed by atoms with van der Waals surface area (Å²) in [5, 5.41) is 3.00. The zero-order valence-corrected chi connectivity index (χ0v) is 12.6. The maximum Gasteiger partial charge on any atom is 0.268 e. The number of aromatic nitrogens is 1. The van der Waals surface area contributed by atoms with Gasteiger partial charge in [0.25, 0.3) is 5.91 Å². The van der Waals surface area contributed by atoms with Crippen LogP contribution in [0.5, 0.6) is 0 Å². The van der Waals surface area contributed by atoms with Gasteiger partial charge in [-0.05, 0) is 38.4 Å². The number of likely N-dealkylation sites (N-methyl/N-ethyl adjacent to an activating group) is 1. The molecule has 0 unspecified atom stereocenters. The fourth-order valence-electron chi connectivity index (χ4n) is 2.50. The van der Waals surface area contributed by atoms with E-state index < -0.39 is 0 Å². The number of carbonyl (C=O) groups excluding carboxylic acids is 1. The van der Waals surface area contributed by atoms with Crippen molar-refractivity contribution in [2.24, 2.45) is 0 Å². The van der Waals surface area contributed by atoms with Crippen LogP contribution in [0.15, 0.2) is 12.3 Å². The molecule has 0 aliphatic heterocycles. The summed E-state index contributed by atoms with van der Waals surface area (Å²) in [4.78, 5) is 14.6. The summed E-state index contributed by atoms with van der Waals surface area (Å²) in [5.41, 5.74) is 7.18. The number of hydrogen-bond acceptors (Lipinski definition) is 3. The van der Waals surface area contributed by atoms with E-state index >= 15 is 0 Å². The SMILES string of the molecule is CCCN(CC)CCNC(=O)c1cc(N)cn1C1CC1. The molecule has 5 nitrogen and oxygen atoms in total. The Labute approximate surface area is 121 Å². The summed E-state index contributed by atoms with van der Waals surface area (Å²) in [5.74, 6) is -0.0128. The van der Waals surface area contributed by atoms with Crippen LogP contribution < -0.4 is 11.1 Å². The Balaban J connectivity index is 1.85. The van der Waals surface area contributed by atoms with Gasteiger partial charge in [0, 0.05) is 25.3 Å². The Morgan fingerprint density at radius 3 is 2.80 bits per heavy atom. The second-order valence-corrected chi connectivity index (χ2v) is 5.49. The molecule has 3 N–H and O–H groups in total. The first-order valence-electron chi connectivity index (χ1n) is 7.63. The van der Waals surface area contributed by atoms with E-state index in [4.69, 9.17) is 5.73 Å². The van der Waals surface area contributed by atoms with Crippen LogP contribution in [-0.2, 0) is 0 Å². The van der Waals surface area contributed by atoms with Gasteiger partial charge in [-0.1, -0.05) is 13.8 Å². The summed E-state index contributed by atoms with van der Waals surface area (Å²) in [6.07, 6.45) is 5.31. The highest BCUT2D eigenvalue weighted by Crippen LogP contribution is 2.37. The van der Waals surface area contributed by atoms with Crippen molar-refractivity contribution >= 4 is 11.6 Å². The zero-order valence-electron chi connectivity index (χ0n) is 12.6. The number of nitrogens with two attached hydrogens (primary N) is 1. The fraction of sp³-hybridized carbons (Fsp3) is 0.667. The predicted molar refractivity (Wildman–Crippen MR) is 81.9 cm³/mol. The number of nitrogen functional groups attached to an aromatic ring is 1. The first kappa shape index (κ1) is 14.9. The minimum Gasteiger partial charge on any atom is -0.397 e. The van der Waals surface area contributed by atoms with Crippen molar-refractivity contribution in [3.05, 3.63) is 18.0 Å². The molecule has 1 fully saturated rings. The molecule has 1 amide bonds. The van der Waals surface area contributed by atoms with Gasteiger partial charge in [0.1, 0.15) is 5.69 Å². The topological polar surface area (TPSA) is 63.3 Å². The van der Waals surface area contributed by atoms with Crippen LogP contribution in [0.1, 0.15) is 49.6 Å². The number of nitrogens with zero attached hydrogens (tertiary/aromatic N) is 2. The minimum absolute atomic E-state index is 0.0128. The van der Waals surface area contributed by atoms with Gasteiger partial charge in [-0.25, -0.2) is 0 Å². The normalized spacial score (nSPS) is 14.8. The van der Waals surface area contributed by atoms with Crippen molar-refractivity contribution in [1.82, 2.24) is 14.8 Å². The van der Waals surface area contributed by atoms with Crippen LogP contribution in [0.4, 0.5) is 5.69 Å². The molecule has 0 radical (unpaired) electrons. The number of hydrogen-bond donors (Lipinski definition) is 2. The Hall–Kier alpha value is -1.49. The fourth-order valence-corrected chi connectivity index (χ4v) is 2.50. The Morgan fingerprint density at radius 1 is 1.45 bits per heavy atom. The van der Waals surface area contributed by atoms with Gasteiger partial charge in [0.2, 0.25) is 0 Å². The molecule has 1 heterocycles. The van der Waals surface area contributed by atoms with E-state index in [1.807, 2.05) is 10.8 Å². The third kappa shape index (κ3) is 3.76. The van der Waals surface area contributed by atoms with Crippen molar-refractivity contribution in [2.45, 2.75) is 39.2 Å². The van der Waals surface area contributed by atoms with Crippen LogP contribution >= 0.6 is 0 Å². The lowest BCUT2D eigenvalue weighted by Gasteiger charge is -2.19. The summed E-state index contributed by atoms with van der Waals surface area (Å²) >= 11 is 0. The zero-order chi connectivity index (χ0) is 14.5. The minimum atomic E-state index is -0.0128. The lowest BCUT2D eigenvalue weighted by Crippen LogP contribution is -2.35. The standard InChI is InChI=1S/C15H26N4O/c1-3-8-18(4-2)9-7-17-15(20)14-10-12(16)11-19(14)13-5-6-13/h10-11,13H,3-9,16H2,1-2H3,(H,17,20). The molecule has 1 aliphatic carbocycles. The van der Waals surface area contributed by atoms with Crippen molar-refractivity contribution in [3.8, 4) is 0 Å². The monoisotopic (exact) mass is 278 g/mol. The van der Waals surface area contributed by atoms with Crippen molar-refractivity contribution in [2.75, 3.05) is 31.9 Å². The van der Waals surface area contributed by atoms with Gasteiger partial charge < -0.3 is 20.5 Å². The lowest BCUT2D eigenvalue weighted by atomic mass is 10.3. The van der Waals surface area contributed by atoms with Crippen molar-refractivity contribution in [1.29, 1.82) is 0 Å². The highest BCUT2D eigenvalue weighted by Gasteiger charge is 2.27. The molecule has 112 valence electrons. The van der Waals surface area contributed by atoms with Gasteiger partial charge in [-0.2, -0.15) is 0 Å². The highest BCUT2D eigenvalue weighted by molar-refractivity contribution is 5.93. The molecule has 0 spiro atoms. The lowest BCUT2D eigenvalue weighted by molar-refractivity contribution is 0.0939. The first-order chi connectivity index (χ1) is 9.65. The summed E-state index contributed by atoms with van der Waals surface area (Å²) in [7, 11) is 0. The molecule has 1 aliphatic rings. The maximum absolute atomic E-state index is 12.2. The van der Waals surface area contributed by atoms with E-state index in [9.17, 15) is 4.79 Å². The average Bonchev–Trinajstić information content (AvgIpc) is 3.20. The molecule has 20 heavy (non-hydrogen) atoms. The highest BCUT2D eigenvalue weighted by atomic mass is 16.1. The smallest absolute Gasteiger partial charge is 0.268 e. The third-order valence-electron chi connectivity index (χ3n) is 3.74. The van der Waals surface area contributed by atoms with Crippen LogP contribution in [0.25, 0.3) is 0 Å². The Morgan fingerprint density at radius 2 is 2.20 bits per heavy atom. The van der Waals surface area contributed by atoms with Crippen LogP contribution in [0.3, 0.4) is 0 Å². The molecule has 1 saturated carbocycles. The van der Waals surface area contributed by atoms with Crippen LogP contribution in [-0.4, -0.2) is 41.6 Å². The van der Waals surface area contributed by atoms with Gasteiger partial charge in [-0.3, -0.25) is 4.79 Å². The molecule has 1 aromatic heterocycles. The van der Waals surface area contributed by atoms with Crippen LogP contribution in [0.2, 0.25) is 0 Å². The third-order valence-corrected chi connectivity index (χ3v) is 3.74. The van der Waals surface area contributed by atoms with E-state index in [1.54, 1.807) is 6.07 Å². The largest absolute Gasteiger partial charge is 0.397 e. The quantitative estimate of drug-likeness (QED) is 0.763. The molecule has 1 aromatic rings. The average molecular weight is 278 g/mol. The van der Waals surface area contributed by atoms with Crippen molar-refractivity contribution in [3.63, 3.8) is 0 Å². The summed E-state index contributed by atoms with van der Waals surface area (Å²) in [6.45, 7) is 8.01. The maximum atomic E-state index is 12.2. The predicted octanol–water partition coefficient (Wildman–Crippen LogP) is 1.87. The molecule has 0 atom stereocenters. The molecule has 0 saturated heterocycles. The molecular weight excluding hydrogens is 252 g/mol. The van der Waals surface area contributed by atoms with Gasteiger partial charge in [-0.15, -0.1) is 0 Å². The van der Waals surface area contributed by atoms with E-state index in [0.717, 1.165) is 38.9 Å². The summed E-state index contributed by atoms with van der Waals surface area (Å²) in [6, 6.07) is 2.25. The molecule has 5 heteroatoms. The van der Waals surface area contributed by atoms with E-state index in [1.165, 1.54) is 0 Å². The number of anilines is 1. The van der Waals surface area contributed by atoms with Gasteiger partial charge in [0.05, 0.1) is 5.69 Å². The first-order valence-corrected chi connectivity index (χ1v) is 7.63. The molecule has 0 bridgehead atoms. The molecule has 2 rings (SSSR count). The molecule has 0 aromatic carbocycles. The number of amides is 1. The van der Waals surface area contributed by atoms with E-state index in [0.29, 0.717) is 24.0 Å². The Bertz CT molecular complexity index is 451. The van der Waals surface area contributed by atoms with Gasteiger partial charge >= 0.3 is 0 Å². The second kappa shape index (κ2) is 6.79. The van der Waals surface area contributed by atoms with Gasteiger partial charge in [0.15, 0.2) is 0 Å². The number of carbonyl (C=O) groups is 1. The van der Waals surface area contributed by atoms with Crippen molar-refractivity contribution < 1.29 is 4.79 Å².